The molecule has 146 valence electrons. The molecule has 0 aliphatic heterocycles. The molecule has 3 saturated carbocycles. The lowest BCUT2D eigenvalue weighted by Crippen LogP contribution is -2.23. The van der Waals surface area contributed by atoms with Crippen molar-refractivity contribution >= 4 is 5.97 Å². The van der Waals surface area contributed by atoms with Crippen molar-refractivity contribution in [2.24, 2.45) is 29.6 Å². The van der Waals surface area contributed by atoms with Crippen molar-refractivity contribution in [3.8, 4) is 0 Å². The maximum Gasteiger partial charge on any atom is 0.308 e. The van der Waals surface area contributed by atoms with Crippen LogP contribution in [0.2, 0.25) is 0 Å². The van der Waals surface area contributed by atoms with E-state index >= 15 is 0 Å². The first-order valence-electron chi connectivity index (χ1n) is 10.3. The lowest BCUT2D eigenvalue weighted by molar-refractivity contribution is -0.147. The molecule has 3 aliphatic carbocycles. The lowest BCUT2D eigenvalue weighted by atomic mass is 9.86. The van der Waals surface area contributed by atoms with Gasteiger partial charge in [0.2, 0.25) is 0 Å². The number of allylic oxidation sites excluding steroid dienone is 2. The zero-order valence-electron chi connectivity index (χ0n) is 16.0. The molecule has 0 aromatic carbocycles. The van der Waals surface area contributed by atoms with Crippen LogP contribution in [0.4, 0.5) is 0 Å². The van der Waals surface area contributed by atoms with Gasteiger partial charge in [-0.3, -0.25) is 4.79 Å². The van der Waals surface area contributed by atoms with Crippen molar-refractivity contribution in [1.29, 1.82) is 0 Å². The number of carbonyl (C=O) groups excluding carboxylic acids is 1. The number of esters is 1. The highest BCUT2D eigenvalue weighted by atomic mass is 16.5. The van der Waals surface area contributed by atoms with Gasteiger partial charge in [-0.05, 0) is 62.7 Å². The maximum atomic E-state index is 12.2. The van der Waals surface area contributed by atoms with Crippen LogP contribution in [0, 0.1) is 29.6 Å². The van der Waals surface area contributed by atoms with Gasteiger partial charge >= 0.3 is 5.97 Å². The van der Waals surface area contributed by atoms with Gasteiger partial charge < -0.3 is 14.9 Å². The van der Waals surface area contributed by atoms with Gasteiger partial charge in [0.1, 0.15) is 0 Å². The Balaban J connectivity index is 1.54. The number of fused-ring (bicyclic) bond motifs is 1. The number of methoxy groups -OCH3 is 1. The quantitative estimate of drug-likeness (QED) is 0.536. The molecule has 5 atom stereocenters. The van der Waals surface area contributed by atoms with E-state index in [4.69, 9.17) is 9.84 Å². The Bertz CT molecular complexity index is 532. The van der Waals surface area contributed by atoms with Crippen molar-refractivity contribution in [3.63, 3.8) is 0 Å². The van der Waals surface area contributed by atoms with Crippen LogP contribution < -0.4 is 0 Å². The molecule has 0 saturated heterocycles. The summed E-state index contributed by atoms with van der Waals surface area (Å²) in [6.07, 6.45) is 15.5. The number of aliphatic hydroxyl groups excluding tert-OH is 2. The summed E-state index contributed by atoms with van der Waals surface area (Å²) in [5.74, 6) is 1.78. The fourth-order valence-corrected chi connectivity index (χ4v) is 5.68. The highest BCUT2D eigenvalue weighted by Gasteiger charge is 2.44. The maximum absolute atomic E-state index is 12.2. The molecule has 3 aliphatic rings. The number of aliphatic hydroxyl groups is 2. The summed E-state index contributed by atoms with van der Waals surface area (Å²) in [5, 5.41) is 19.3. The number of hydrogen-bond acceptors (Lipinski definition) is 4. The van der Waals surface area contributed by atoms with Crippen molar-refractivity contribution in [3.05, 3.63) is 23.8 Å². The molecular formula is C22H34O4. The molecule has 0 heterocycles. The van der Waals surface area contributed by atoms with Crippen LogP contribution in [0.1, 0.15) is 57.8 Å². The molecule has 4 heteroatoms. The van der Waals surface area contributed by atoms with E-state index in [0.29, 0.717) is 17.8 Å². The average molecular weight is 363 g/mol. The van der Waals surface area contributed by atoms with Crippen LogP contribution in [-0.4, -0.2) is 36.0 Å². The van der Waals surface area contributed by atoms with E-state index in [1.807, 2.05) is 6.08 Å². The fraction of sp³-hybridized carbons (Fsp3) is 0.773. The van der Waals surface area contributed by atoms with Gasteiger partial charge in [-0.25, -0.2) is 0 Å². The molecule has 0 aromatic rings. The first-order valence-corrected chi connectivity index (χ1v) is 10.3. The van der Waals surface area contributed by atoms with E-state index in [0.717, 1.165) is 44.9 Å². The standard InChI is InChI=1S/C22H34O4/c1-26-22(25)18(16-7-2-3-8-16)9-4-6-15-12-17-14-21(24)19(10-5-11-23)20(17)13-15/h5-6,10,16-21,23-24H,2-4,7-9,11-14H2,1H3/t17-,18?,19-,20+,21-/m1/s1. The zero-order valence-corrected chi connectivity index (χ0v) is 16.0. The van der Waals surface area contributed by atoms with Gasteiger partial charge in [-0.2, -0.15) is 0 Å². The molecule has 26 heavy (non-hydrogen) atoms. The summed E-state index contributed by atoms with van der Waals surface area (Å²) >= 11 is 0. The lowest BCUT2D eigenvalue weighted by Gasteiger charge is -2.20. The Morgan fingerprint density at radius 1 is 1.31 bits per heavy atom. The third-order valence-corrected chi connectivity index (χ3v) is 6.96. The first-order chi connectivity index (χ1) is 12.6. The Labute approximate surface area is 157 Å². The minimum absolute atomic E-state index is 0.0316. The minimum atomic E-state index is -0.263. The van der Waals surface area contributed by atoms with Gasteiger partial charge in [-0.1, -0.05) is 36.6 Å². The molecule has 0 radical (unpaired) electrons. The van der Waals surface area contributed by atoms with Crippen molar-refractivity contribution in [2.45, 2.75) is 63.9 Å². The molecule has 0 amide bonds. The molecule has 3 fully saturated rings. The van der Waals surface area contributed by atoms with E-state index in [1.54, 1.807) is 6.08 Å². The Morgan fingerprint density at radius 2 is 2.08 bits per heavy atom. The number of ether oxygens (including phenoxy) is 1. The largest absolute Gasteiger partial charge is 0.469 e. The van der Waals surface area contributed by atoms with Crippen LogP contribution in [-0.2, 0) is 9.53 Å². The highest BCUT2D eigenvalue weighted by Crippen LogP contribution is 2.50. The van der Waals surface area contributed by atoms with Gasteiger partial charge in [0.15, 0.2) is 0 Å². The Morgan fingerprint density at radius 3 is 2.77 bits per heavy atom. The van der Waals surface area contributed by atoms with Gasteiger partial charge in [0, 0.05) is 5.92 Å². The SMILES string of the molecule is COC(=O)C(CCC=C1C[C@@H]2C[C@@H](O)[C@H](C=CCO)[C@H]2C1)C1CCCC1. The molecule has 0 aromatic heterocycles. The Kier molecular flexibility index (Phi) is 6.93. The van der Waals surface area contributed by atoms with Gasteiger partial charge in [-0.15, -0.1) is 0 Å². The molecule has 0 bridgehead atoms. The minimum Gasteiger partial charge on any atom is -0.469 e. The normalized spacial score (nSPS) is 34.7. The summed E-state index contributed by atoms with van der Waals surface area (Å²) < 4.78 is 5.06. The molecule has 4 nitrogen and oxygen atoms in total. The van der Waals surface area contributed by atoms with Crippen molar-refractivity contribution in [2.75, 3.05) is 13.7 Å². The average Bonchev–Trinajstić information content (AvgIpc) is 3.34. The van der Waals surface area contributed by atoms with Gasteiger partial charge in [0.05, 0.1) is 25.7 Å². The first kappa shape index (κ1) is 19.6. The summed E-state index contributed by atoms with van der Waals surface area (Å²) in [5.41, 5.74) is 1.49. The van der Waals surface area contributed by atoms with E-state index in [2.05, 4.69) is 6.08 Å². The second-order valence-corrected chi connectivity index (χ2v) is 8.44. The zero-order chi connectivity index (χ0) is 18.5. The smallest absolute Gasteiger partial charge is 0.308 e. The molecule has 0 spiro atoms. The molecule has 3 rings (SSSR count). The second-order valence-electron chi connectivity index (χ2n) is 8.44. The topological polar surface area (TPSA) is 66.8 Å². The molecule has 2 N–H and O–H groups in total. The third kappa shape index (κ3) is 4.40. The highest BCUT2D eigenvalue weighted by molar-refractivity contribution is 5.72. The summed E-state index contributed by atoms with van der Waals surface area (Å²) in [4.78, 5) is 12.2. The number of rotatable bonds is 7. The molecule has 1 unspecified atom stereocenters. The van der Waals surface area contributed by atoms with E-state index < -0.39 is 0 Å². The summed E-state index contributed by atoms with van der Waals surface area (Å²) in [6.45, 7) is 0.0411. The van der Waals surface area contributed by atoms with E-state index in [1.165, 1.54) is 25.5 Å². The monoisotopic (exact) mass is 362 g/mol. The Hall–Kier alpha value is -1.13. The molecular weight excluding hydrogens is 328 g/mol. The van der Waals surface area contributed by atoms with E-state index in [-0.39, 0.29) is 30.5 Å². The summed E-state index contributed by atoms with van der Waals surface area (Å²) in [6, 6.07) is 0. The predicted molar refractivity (Wildman–Crippen MR) is 101 cm³/mol. The summed E-state index contributed by atoms with van der Waals surface area (Å²) in [7, 11) is 1.51. The van der Waals surface area contributed by atoms with Crippen LogP contribution in [0.5, 0.6) is 0 Å². The van der Waals surface area contributed by atoms with Crippen LogP contribution in [0.15, 0.2) is 23.8 Å². The van der Waals surface area contributed by atoms with E-state index in [9.17, 15) is 9.90 Å². The van der Waals surface area contributed by atoms with Crippen LogP contribution >= 0.6 is 0 Å². The van der Waals surface area contributed by atoms with Gasteiger partial charge in [0.25, 0.3) is 0 Å². The number of hydrogen-bond donors (Lipinski definition) is 2. The number of carbonyl (C=O) groups is 1. The third-order valence-electron chi connectivity index (χ3n) is 6.96. The van der Waals surface area contributed by atoms with Crippen molar-refractivity contribution < 1.29 is 19.7 Å². The second kappa shape index (κ2) is 9.18. The van der Waals surface area contributed by atoms with Crippen molar-refractivity contribution in [1.82, 2.24) is 0 Å². The fourth-order valence-electron chi connectivity index (χ4n) is 5.68. The van der Waals surface area contributed by atoms with Crippen LogP contribution in [0.3, 0.4) is 0 Å². The predicted octanol–water partition coefficient (Wildman–Crippen LogP) is 3.63. The van der Waals surface area contributed by atoms with Crippen LogP contribution in [0.25, 0.3) is 0 Å².